The molecule has 3 rings (SSSR count). The summed E-state index contributed by atoms with van der Waals surface area (Å²) in [7, 11) is 0. The Morgan fingerprint density at radius 1 is 1.24 bits per heavy atom. The van der Waals surface area contributed by atoms with E-state index in [1.807, 2.05) is 0 Å². The molecule has 1 aromatic heterocycles. The molecule has 0 bridgehead atoms. The summed E-state index contributed by atoms with van der Waals surface area (Å²) in [5.74, 6) is 0. The fraction of sp³-hybridized carbons (Fsp3) is 0.692. The molecule has 1 aliphatic heterocycles. The highest BCUT2D eigenvalue weighted by molar-refractivity contribution is 5.75. The summed E-state index contributed by atoms with van der Waals surface area (Å²) in [6, 6.07) is 0.497. The predicted molar refractivity (Wildman–Crippen MR) is 65.4 cm³/mol. The van der Waals surface area contributed by atoms with Gasteiger partial charge in [-0.15, -0.1) is 0 Å². The third kappa shape index (κ3) is 1.90. The first-order valence-electron chi connectivity index (χ1n) is 6.66. The minimum Gasteiger partial charge on any atom is -0.317 e. The molecule has 1 aliphatic carbocycles. The van der Waals surface area contributed by atoms with Crippen molar-refractivity contribution in [2.24, 2.45) is 0 Å². The van der Waals surface area contributed by atoms with Crippen LogP contribution in [0.3, 0.4) is 0 Å². The van der Waals surface area contributed by atoms with Gasteiger partial charge in [-0.05, 0) is 51.6 Å². The van der Waals surface area contributed by atoms with Crippen LogP contribution in [0.5, 0.6) is 0 Å². The van der Waals surface area contributed by atoms with Crippen LogP contribution in [-0.2, 0) is 12.8 Å². The molecule has 2 aliphatic rings. The van der Waals surface area contributed by atoms with Crippen molar-refractivity contribution in [1.29, 1.82) is 0 Å². The first-order chi connectivity index (χ1) is 8.40. The largest absolute Gasteiger partial charge is 0.317 e. The third-order valence-corrected chi connectivity index (χ3v) is 4.01. The molecule has 0 amide bonds. The number of nitrogens with one attached hydrogen (secondary N) is 1. The molecular weight excluding hydrogens is 214 g/mol. The van der Waals surface area contributed by atoms with Gasteiger partial charge in [-0.3, -0.25) is 9.48 Å². The maximum atomic E-state index is 11.1. The van der Waals surface area contributed by atoms with E-state index in [2.05, 4.69) is 15.1 Å². The minimum atomic E-state index is 0.497. The van der Waals surface area contributed by atoms with Crippen LogP contribution in [0.4, 0.5) is 0 Å². The molecule has 1 saturated heterocycles. The molecule has 0 atom stereocenters. The highest BCUT2D eigenvalue weighted by Gasteiger charge is 2.25. The fourth-order valence-corrected chi connectivity index (χ4v) is 3.10. The molecule has 0 spiro atoms. The number of fused-ring (bicyclic) bond motifs is 1. The fourth-order valence-electron chi connectivity index (χ4n) is 3.10. The number of piperidine rings is 1. The van der Waals surface area contributed by atoms with E-state index in [1.54, 1.807) is 0 Å². The second kappa shape index (κ2) is 4.61. The number of hydrogen-bond donors (Lipinski definition) is 1. The summed E-state index contributed by atoms with van der Waals surface area (Å²) < 4.78 is 2.17. The number of rotatable bonds is 2. The lowest BCUT2D eigenvalue weighted by Crippen LogP contribution is -2.30. The van der Waals surface area contributed by atoms with Crippen LogP contribution in [0.15, 0.2) is 0 Å². The average Bonchev–Trinajstić information content (AvgIpc) is 2.78. The first-order valence-corrected chi connectivity index (χ1v) is 6.66. The van der Waals surface area contributed by atoms with Gasteiger partial charge in [0.25, 0.3) is 0 Å². The number of carbonyl (C=O) groups excluding carboxylic acids is 1. The molecule has 1 N–H and O–H groups in total. The van der Waals surface area contributed by atoms with Gasteiger partial charge in [0.1, 0.15) is 5.69 Å². The lowest BCUT2D eigenvalue weighted by Gasteiger charge is -2.26. The summed E-state index contributed by atoms with van der Waals surface area (Å²) in [6.07, 6.45) is 7.77. The van der Waals surface area contributed by atoms with E-state index in [0.29, 0.717) is 11.7 Å². The van der Waals surface area contributed by atoms with Crippen molar-refractivity contribution in [3.8, 4) is 0 Å². The molecule has 4 nitrogen and oxygen atoms in total. The van der Waals surface area contributed by atoms with Gasteiger partial charge in [0.2, 0.25) is 0 Å². The quantitative estimate of drug-likeness (QED) is 0.787. The van der Waals surface area contributed by atoms with Crippen molar-refractivity contribution in [1.82, 2.24) is 15.1 Å². The van der Waals surface area contributed by atoms with E-state index in [4.69, 9.17) is 0 Å². The van der Waals surface area contributed by atoms with Crippen molar-refractivity contribution >= 4 is 6.29 Å². The van der Waals surface area contributed by atoms with Crippen LogP contribution in [0, 0.1) is 0 Å². The molecule has 0 unspecified atom stereocenters. The molecule has 17 heavy (non-hydrogen) atoms. The SMILES string of the molecule is O=Cc1nn(C2CCNCC2)c2c1CCCC2. The Morgan fingerprint density at radius 3 is 2.76 bits per heavy atom. The van der Waals surface area contributed by atoms with Gasteiger partial charge in [-0.2, -0.15) is 5.10 Å². The number of aromatic nitrogens is 2. The zero-order chi connectivity index (χ0) is 11.7. The normalized spacial score (nSPS) is 21.2. The van der Waals surface area contributed by atoms with Crippen molar-refractivity contribution < 1.29 is 4.79 Å². The van der Waals surface area contributed by atoms with E-state index in [0.717, 1.165) is 45.1 Å². The number of aldehydes is 1. The molecule has 1 fully saturated rings. The maximum absolute atomic E-state index is 11.1. The number of nitrogens with zero attached hydrogens (tertiary/aromatic N) is 2. The second-order valence-corrected chi connectivity index (χ2v) is 5.06. The van der Waals surface area contributed by atoms with Gasteiger partial charge >= 0.3 is 0 Å². The molecule has 2 heterocycles. The third-order valence-electron chi connectivity index (χ3n) is 4.01. The van der Waals surface area contributed by atoms with E-state index >= 15 is 0 Å². The topological polar surface area (TPSA) is 46.9 Å². The van der Waals surface area contributed by atoms with E-state index in [1.165, 1.54) is 24.1 Å². The lowest BCUT2D eigenvalue weighted by atomic mass is 9.95. The van der Waals surface area contributed by atoms with Crippen LogP contribution in [0.1, 0.15) is 53.5 Å². The first kappa shape index (κ1) is 11.0. The molecule has 0 aromatic carbocycles. The van der Waals surface area contributed by atoms with Gasteiger partial charge in [0, 0.05) is 11.3 Å². The Bertz CT molecular complexity index is 419. The maximum Gasteiger partial charge on any atom is 0.170 e. The Balaban J connectivity index is 1.97. The van der Waals surface area contributed by atoms with Crippen molar-refractivity contribution in [3.05, 3.63) is 17.0 Å². The molecule has 0 saturated carbocycles. The molecule has 1 aromatic rings. The Labute approximate surface area is 101 Å². The van der Waals surface area contributed by atoms with Crippen LogP contribution in [-0.4, -0.2) is 29.2 Å². The zero-order valence-electron chi connectivity index (χ0n) is 10.1. The van der Waals surface area contributed by atoms with Gasteiger partial charge in [-0.25, -0.2) is 0 Å². The highest BCUT2D eigenvalue weighted by Crippen LogP contribution is 2.28. The Morgan fingerprint density at radius 2 is 2.00 bits per heavy atom. The zero-order valence-corrected chi connectivity index (χ0v) is 10.1. The summed E-state index contributed by atoms with van der Waals surface area (Å²) in [5, 5.41) is 7.93. The van der Waals surface area contributed by atoms with Gasteiger partial charge in [0.05, 0.1) is 6.04 Å². The molecule has 92 valence electrons. The average molecular weight is 233 g/mol. The number of hydrogen-bond acceptors (Lipinski definition) is 3. The number of carbonyl (C=O) groups is 1. The van der Waals surface area contributed by atoms with Gasteiger partial charge in [0.15, 0.2) is 6.29 Å². The van der Waals surface area contributed by atoms with Crippen LogP contribution < -0.4 is 5.32 Å². The molecule has 4 heteroatoms. The van der Waals surface area contributed by atoms with Crippen molar-refractivity contribution in [2.45, 2.75) is 44.6 Å². The Kier molecular flexibility index (Phi) is 2.97. The van der Waals surface area contributed by atoms with E-state index in [9.17, 15) is 4.79 Å². The smallest absolute Gasteiger partial charge is 0.170 e. The van der Waals surface area contributed by atoms with E-state index < -0.39 is 0 Å². The van der Waals surface area contributed by atoms with Crippen LogP contribution in [0.2, 0.25) is 0 Å². The minimum absolute atomic E-state index is 0.497. The van der Waals surface area contributed by atoms with Crippen LogP contribution >= 0.6 is 0 Å². The Hall–Kier alpha value is -1.16. The monoisotopic (exact) mass is 233 g/mol. The summed E-state index contributed by atoms with van der Waals surface area (Å²) >= 11 is 0. The van der Waals surface area contributed by atoms with Gasteiger partial charge < -0.3 is 5.32 Å². The van der Waals surface area contributed by atoms with Crippen LogP contribution in [0.25, 0.3) is 0 Å². The van der Waals surface area contributed by atoms with Crippen molar-refractivity contribution in [2.75, 3.05) is 13.1 Å². The second-order valence-electron chi connectivity index (χ2n) is 5.06. The standard InChI is InChI=1S/C13H19N3O/c17-9-12-11-3-1-2-4-13(11)16(15-12)10-5-7-14-8-6-10/h9-10,14H,1-8H2. The van der Waals surface area contributed by atoms with Gasteiger partial charge in [-0.1, -0.05) is 0 Å². The van der Waals surface area contributed by atoms with E-state index in [-0.39, 0.29) is 0 Å². The highest BCUT2D eigenvalue weighted by atomic mass is 16.1. The molecule has 0 radical (unpaired) electrons. The molecular formula is C13H19N3O. The summed E-state index contributed by atoms with van der Waals surface area (Å²) in [6.45, 7) is 2.13. The summed E-state index contributed by atoms with van der Waals surface area (Å²) in [5.41, 5.74) is 3.26. The predicted octanol–water partition coefficient (Wildman–Crippen LogP) is 1.50. The summed E-state index contributed by atoms with van der Waals surface area (Å²) in [4.78, 5) is 11.1. The lowest BCUT2D eigenvalue weighted by molar-refractivity contribution is 0.111. The van der Waals surface area contributed by atoms with Crippen molar-refractivity contribution in [3.63, 3.8) is 0 Å².